The minimum absolute atomic E-state index is 0.576. The number of hydrogen-bond donors (Lipinski definition) is 0. The molecule has 0 spiro atoms. The van der Waals surface area contributed by atoms with Crippen LogP contribution in [0.25, 0.3) is 0 Å². The Morgan fingerprint density at radius 2 is 1.36 bits per heavy atom. The van der Waals surface area contributed by atoms with Crippen molar-refractivity contribution in [3.05, 3.63) is 0 Å². The maximum atomic E-state index is 5.97. The van der Waals surface area contributed by atoms with E-state index in [-0.39, 0.29) is 0 Å². The quantitative estimate of drug-likeness (QED) is 0.546. The second kappa shape index (κ2) is 8.48. The summed E-state index contributed by atoms with van der Waals surface area (Å²) in [5, 5.41) is 0. The van der Waals surface area contributed by atoms with Crippen LogP contribution >= 0.6 is 0 Å². The van der Waals surface area contributed by atoms with Gasteiger partial charge in [0.25, 0.3) is 0 Å². The highest BCUT2D eigenvalue weighted by Crippen LogP contribution is 2.29. The summed E-state index contributed by atoms with van der Waals surface area (Å²) in [6.45, 7) is 12.3. The molecule has 0 aromatic carbocycles. The minimum atomic E-state index is -0.576. The molecule has 0 saturated heterocycles. The van der Waals surface area contributed by atoms with Crippen LogP contribution in [-0.4, -0.2) is 15.6 Å². The van der Waals surface area contributed by atoms with Gasteiger partial charge in [-0.15, -0.1) is 0 Å². The van der Waals surface area contributed by atoms with Crippen molar-refractivity contribution in [3.63, 3.8) is 0 Å². The molecule has 0 aliphatic rings. The summed E-state index contributed by atoms with van der Waals surface area (Å²) in [4.78, 5) is 0. The van der Waals surface area contributed by atoms with Crippen molar-refractivity contribution in [3.8, 4) is 0 Å². The highest BCUT2D eigenvalue weighted by molar-refractivity contribution is 6.55. The van der Waals surface area contributed by atoms with Gasteiger partial charge in [-0.1, -0.05) is 53.4 Å². The Balaban J connectivity index is 4.10. The topological polar surface area (TPSA) is 9.23 Å². The van der Waals surface area contributed by atoms with Gasteiger partial charge in [0.05, 0.1) is 0 Å². The molecular weight excluding hydrogens is 188 g/mol. The van der Waals surface area contributed by atoms with E-state index in [1.807, 2.05) is 0 Å². The summed E-state index contributed by atoms with van der Waals surface area (Å²) in [5.41, 5.74) is 1.62. The molecule has 0 rings (SSSR count). The Labute approximate surface area is 92.0 Å². The first kappa shape index (κ1) is 14.2. The summed E-state index contributed by atoms with van der Waals surface area (Å²) >= 11 is 0. The first-order valence-corrected chi connectivity index (χ1v) is 7.73. The van der Waals surface area contributed by atoms with E-state index in [0.717, 1.165) is 17.7 Å². The van der Waals surface area contributed by atoms with Gasteiger partial charge in [0.15, 0.2) is 0 Å². The average molecular weight is 215 g/mol. The van der Waals surface area contributed by atoms with E-state index in [2.05, 4.69) is 34.6 Å². The Morgan fingerprint density at radius 3 is 1.64 bits per heavy atom. The molecule has 2 heteroatoms. The largest absolute Gasteiger partial charge is 0.416 e. The zero-order valence-electron chi connectivity index (χ0n) is 10.6. The maximum absolute atomic E-state index is 5.97. The SMILES string of the molecule is CCCC(C)[Si](OCC)C(C)CCC. The molecule has 0 aliphatic carbocycles. The second-order valence-corrected chi connectivity index (χ2v) is 7.28. The Hall–Kier alpha value is 0.177. The molecule has 14 heavy (non-hydrogen) atoms. The van der Waals surface area contributed by atoms with Gasteiger partial charge in [-0.25, -0.2) is 0 Å². The monoisotopic (exact) mass is 215 g/mol. The van der Waals surface area contributed by atoms with Gasteiger partial charge in [-0.2, -0.15) is 0 Å². The van der Waals surface area contributed by atoms with Crippen LogP contribution in [0, 0.1) is 0 Å². The third-order valence-electron chi connectivity index (χ3n) is 2.73. The highest BCUT2D eigenvalue weighted by Gasteiger charge is 2.26. The fourth-order valence-corrected chi connectivity index (χ4v) is 5.11. The average Bonchev–Trinajstić information content (AvgIpc) is 2.14. The zero-order chi connectivity index (χ0) is 11.0. The lowest BCUT2D eigenvalue weighted by atomic mass is 10.2. The van der Waals surface area contributed by atoms with E-state index < -0.39 is 9.04 Å². The molecule has 0 heterocycles. The second-order valence-electron chi connectivity index (χ2n) is 4.21. The predicted molar refractivity (Wildman–Crippen MR) is 66.0 cm³/mol. The van der Waals surface area contributed by atoms with Crippen molar-refractivity contribution in [2.45, 2.75) is 71.4 Å². The van der Waals surface area contributed by atoms with Gasteiger partial charge < -0.3 is 4.43 Å². The Morgan fingerprint density at radius 1 is 0.929 bits per heavy atom. The van der Waals surface area contributed by atoms with Gasteiger partial charge in [0, 0.05) is 6.61 Å². The lowest BCUT2D eigenvalue weighted by molar-refractivity contribution is 0.321. The molecule has 0 aromatic heterocycles. The molecule has 2 unspecified atom stereocenters. The highest BCUT2D eigenvalue weighted by atomic mass is 28.3. The van der Waals surface area contributed by atoms with Gasteiger partial charge in [0.1, 0.15) is 0 Å². The molecule has 0 N–H and O–H groups in total. The first-order valence-electron chi connectivity index (χ1n) is 6.16. The third-order valence-corrected chi connectivity index (χ3v) is 5.87. The van der Waals surface area contributed by atoms with Crippen molar-refractivity contribution < 1.29 is 4.43 Å². The van der Waals surface area contributed by atoms with E-state index in [0.29, 0.717) is 0 Å². The molecule has 0 bridgehead atoms. The maximum Gasteiger partial charge on any atom is 0.217 e. The van der Waals surface area contributed by atoms with Gasteiger partial charge >= 0.3 is 0 Å². The summed E-state index contributed by atoms with van der Waals surface area (Å²) in [6, 6.07) is 0. The van der Waals surface area contributed by atoms with Crippen LogP contribution in [0.5, 0.6) is 0 Å². The van der Waals surface area contributed by atoms with Crippen molar-refractivity contribution in [1.82, 2.24) is 0 Å². The van der Waals surface area contributed by atoms with E-state index in [9.17, 15) is 0 Å². The number of hydrogen-bond acceptors (Lipinski definition) is 1. The molecule has 0 fully saturated rings. The smallest absolute Gasteiger partial charge is 0.217 e. The molecule has 1 nitrogen and oxygen atoms in total. The van der Waals surface area contributed by atoms with E-state index in [1.54, 1.807) is 0 Å². The standard InChI is InChI=1S/C12H27OSi/c1-6-9-11(4)14(13-8-3)12(5)10-7-2/h11-12H,6-10H2,1-5H3. The first-order chi connectivity index (χ1) is 6.67. The summed E-state index contributed by atoms with van der Waals surface area (Å²) in [6.07, 6.45) is 5.26. The van der Waals surface area contributed by atoms with Crippen molar-refractivity contribution in [2.75, 3.05) is 6.61 Å². The van der Waals surface area contributed by atoms with Crippen molar-refractivity contribution in [1.29, 1.82) is 0 Å². The van der Waals surface area contributed by atoms with Crippen LogP contribution in [0.1, 0.15) is 60.3 Å². The molecule has 1 radical (unpaired) electrons. The summed E-state index contributed by atoms with van der Waals surface area (Å²) in [5.74, 6) is 0. The van der Waals surface area contributed by atoms with Gasteiger partial charge in [-0.3, -0.25) is 0 Å². The summed E-state index contributed by atoms with van der Waals surface area (Å²) in [7, 11) is -0.576. The van der Waals surface area contributed by atoms with Crippen LogP contribution in [0.2, 0.25) is 11.1 Å². The molecule has 0 aromatic rings. The number of rotatable bonds is 8. The zero-order valence-corrected chi connectivity index (χ0v) is 11.6. The Bertz CT molecular complexity index is 115. The van der Waals surface area contributed by atoms with Crippen LogP contribution in [0.4, 0.5) is 0 Å². The van der Waals surface area contributed by atoms with Crippen LogP contribution in [0.3, 0.4) is 0 Å². The van der Waals surface area contributed by atoms with Crippen LogP contribution in [-0.2, 0) is 4.43 Å². The van der Waals surface area contributed by atoms with E-state index in [1.165, 1.54) is 25.7 Å². The molecule has 2 atom stereocenters. The van der Waals surface area contributed by atoms with Crippen molar-refractivity contribution in [2.24, 2.45) is 0 Å². The van der Waals surface area contributed by atoms with E-state index in [4.69, 9.17) is 4.43 Å². The van der Waals surface area contributed by atoms with E-state index >= 15 is 0 Å². The van der Waals surface area contributed by atoms with Crippen molar-refractivity contribution >= 4 is 9.04 Å². The molecule has 0 aliphatic heterocycles. The van der Waals surface area contributed by atoms with Crippen LogP contribution in [0.15, 0.2) is 0 Å². The molecular formula is C12H27OSi. The summed E-state index contributed by atoms with van der Waals surface area (Å²) < 4.78 is 5.97. The fraction of sp³-hybridized carbons (Fsp3) is 1.00. The fourth-order valence-electron chi connectivity index (χ4n) is 2.09. The van der Waals surface area contributed by atoms with Gasteiger partial charge in [-0.05, 0) is 18.0 Å². The lowest BCUT2D eigenvalue weighted by Gasteiger charge is -2.26. The van der Waals surface area contributed by atoms with Crippen LogP contribution < -0.4 is 0 Å². The van der Waals surface area contributed by atoms with Gasteiger partial charge in [0.2, 0.25) is 9.04 Å². The third kappa shape index (κ3) is 5.16. The molecule has 0 amide bonds. The lowest BCUT2D eigenvalue weighted by Crippen LogP contribution is -2.28. The Kier molecular flexibility index (Phi) is 8.59. The molecule has 85 valence electrons. The minimum Gasteiger partial charge on any atom is -0.416 e. The molecule has 0 saturated carbocycles. The predicted octanol–water partition coefficient (Wildman–Crippen LogP) is 4.39. The normalized spacial score (nSPS) is 15.9.